The number of anilines is 2. The summed E-state index contributed by atoms with van der Waals surface area (Å²) in [5, 5.41) is -1.10. The Kier molecular flexibility index (Phi) is 4.78. The van der Waals surface area contributed by atoms with E-state index in [9.17, 15) is 13.0 Å². The van der Waals surface area contributed by atoms with Gasteiger partial charge in [-0.2, -0.15) is 8.42 Å². The van der Waals surface area contributed by atoms with Crippen LogP contribution in [0.3, 0.4) is 0 Å². The summed E-state index contributed by atoms with van der Waals surface area (Å²) in [5.74, 6) is 1.41. The molecule has 0 spiro atoms. The van der Waals surface area contributed by atoms with Crippen LogP contribution < -0.4 is 9.64 Å². The summed E-state index contributed by atoms with van der Waals surface area (Å²) < 4.78 is 40.0. The van der Waals surface area contributed by atoms with Crippen molar-refractivity contribution in [3.63, 3.8) is 0 Å². The van der Waals surface area contributed by atoms with E-state index in [1.807, 2.05) is 53.4 Å². The second kappa shape index (κ2) is 7.26. The van der Waals surface area contributed by atoms with Gasteiger partial charge in [0, 0.05) is 12.2 Å². The molecule has 0 fully saturated rings. The molecule has 6 nitrogen and oxygen atoms in total. The minimum atomic E-state index is -4.31. The molecule has 1 N–H and O–H groups in total. The normalized spacial score (nSPS) is 14.0. The standard InChI is InChI=1S/C21H20N2O4S/c1-15-7-6-8-16(22-15)21(28(24,25)26)13-14-23-17-9-2-4-11-19(17)27-20-12-5-3-10-18(20)23/h2-12,21H,13-14H2,1H3,(H,24,25,26). The summed E-state index contributed by atoms with van der Waals surface area (Å²) >= 11 is 0. The Morgan fingerprint density at radius 1 is 0.964 bits per heavy atom. The summed E-state index contributed by atoms with van der Waals surface area (Å²) in [6.07, 6.45) is 0.179. The fourth-order valence-electron chi connectivity index (χ4n) is 3.46. The number of hydrogen-bond acceptors (Lipinski definition) is 5. The first-order valence-corrected chi connectivity index (χ1v) is 10.5. The zero-order chi connectivity index (χ0) is 19.7. The minimum absolute atomic E-state index is 0.179. The molecule has 3 aromatic rings. The van der Waals surface area contributed by atoms with Crippen molar-refractivity contribution in [3.05, 3.63) is 78.1 Å². The number of fused-ring (bicyclic) bond motifs is 2. The lowest BCUT2D eigenvalue weighted by Gasteiger charge is -2.33. The fraction of sp³-hybridized carbons (Fsp3) is 0.190. The predicted molar refractivity (Wildman–Crippen MR) is 108 cm³/mol. The van der Waals surface area contributed by atoms with Crippen LogP contribution in [0.4, 0.5) is 11.4 Å². The lowest BCUT2D eigenvalue weighted by Crippen LogP contribution is -2.26. The first-order chi connectivity index (χ1) is 13.4. The monoisotopic (exact) mass is 396 g/mol. The van der Waals surface area contributed by atoms with E-state index in [1.54, 1.807) is 25.1 Å². The second-order valence-corrected chi connectivity index (χ2v) is 8.28. The van der Waals surface area contributed by atoms with Gasteiger partial charge in [0.1, 0.15) is 5.25 Å². The lowest BCUT2D eigenvalue weighted by atomic mass is 10.1. The zero-order valence-electron chi connectivity index (χ0n) is 15.3. The number of benzene rings is 2. The van der Waals surface area contributed by atoms with Gasteiger partial charge < -0.3 is 9.64 Å². The third kappa shape index (κ3) is 3.58. The molecule has 1 atom stereocenters. The third-order valence-corrected chi connectivity index (χ3v) is 5.94. The van der Waals surface area contributed by atoms with Crippen molar-refractivity contribution in [3.8, 4) is 11.5 Å². The molecule has 1 aliphatic heterocycles. The Bertz CT molecular complexity index is 1070. The highest BCUT2D eigenvalue weighted by Gasteiger charge is 2.30. The third-order valence-electron chi connectivity index (χ3n) is 4.75. The summed E-state index contributed by atoms with van der Waals surface area (Å²) in [7, 11) is -4.31. The molecule has 1 aliphatic rings. The van der Waals surface area contributed by atoms with E-state index in [0.29, 0.717) is 29.4 Å². The van der Waals surface area contributed by atoms with Crippen molar-refractivity contribution in [2.75, 3.05) is 11.4 Å². The Hall–Kier alpha value is -2.90. The number of nitrogens with zero attached hydrogens (tertiary/aromatic N) is 2. The summed E-state index contributed by atoms with van der Waals surface area (Å²) in [5.41, 5.74) is 2.76. The van der Waals surface area contributed by atoms with Crippen molar-refractivity contribution in [1.82, 2.24) is 4.98 Å². The van der Waals surface area contributed by atoms with Gasteiger partial charge in [-0.3, -0.25) is 9.54 Å². The van der Waals surface area contributed by atoms with Gasteiger partial charge in [-0.15, -0.1) is 0 Å². The molecule has 0 radical (unpaired) electrons. The van der Waals surface area contributed by atoms with Gasteiger partial charge in [0.05, 0.1) is 17.1 Å². The maximum Gasteiger partial charge on any atom is 0.273 e. The first kappa shape index (κ1) is 18.5. The van der Waals surface area contributed by atoms with Crippen LogP contribution >= 0.6 is 0 Å². The van der Waals surface area contributed by atoms with Gasteiger partial charge in [-0.05, 0) is 49.7 Å². The molecule has 4 rings (SSSR count). The van der Waals surface area contributed by atoms with E-state index < -0.39 is 15.4 Å². The van der Waals surface area contributed by atoms with Crippen molar-refractivity contribution < 1.29 is 17.7 Å². The number of ether oxygens (including phenoxy) is 1. The fourth-order valence-corrected chi connectivity index (χ4v) is 4.30. The predicted octanol–water partition coefficient (Wildman–Crippen LogP) is 4.65. The number of para-hydroxylation sites is 4. The van der Waals surface area contributed by atoms with E-state index in [4.69, 9.17) is 4.74 Å². The molecule has 28 heavy (non-hydrogen) atoms. The van der Waals surface area contributed by atoms with Crippen LogP contribution in [0, 0.1) is 6.92 Å². The molecular weight excluding hydrogens is 376 g/mol. The van der Waals surface area contributed by atoms with Gasteiger partial charge in [0.25, 0.3) is 10.1 Å². The molecule has 0 aliphatic carbocycles. The number of pyridine rings is 1. The molecule has 0 saturated heterocycles. The highest BCUT2D eigenvalue weighted by molar-refractivity contribution is 7.86. The Morgan fingerprint density at radius 2 is 1.57 bits per heavy atom. The van der Waals surface area contributed by atoms with E-state index in [2.05, 4.69) is 4.98 Å². The van der Waals surface area contributed by atoms with Gasteiger partial charge in [-0.1, -0.05) is 30.3 Å². The average molecular weight is 396 g/mol. The largest absolute Gasteiger partial charge is 0.453 e. The molecular formula is C21H20N2O4S. The number of hydrogen-bond donors (Lipinski definition) is 1. The summed E-state index contributed by atoms with van der Waals surface area (Å²) in [6, 6.07) is 20.4. The Balaban J connectivity index is 1.69. The smallest absolute Gasteiger partial charge is 0.273 e. The van der Waals surface area contributed by atoms with Crippen LogP contribution in [0.2, 0.25) is 0 Å². The number of aromatic nitrogens is 1. The molecule has 1 unspecified atom stereocenters. The molecule has 2 heterocycles. The van der Waals surface area contributed by atoms with E-state index in [0.717, 1.165) is 11.4 Å². The molecule has 7 heteroatoms. The van der Waals surface area contributed by atoms with Gasteiger partial charge in [0.2, 0.25) is 0 Å². The molecule has 0 amide bonds. The molecule has 0 bridgehead atoms. The van der Waals surface area contributed by atoms with Gasteiger partial charge in [-0.25, -0.2) is 0 Å². The zero-order valence-corrected chi connectivity index (χ0v) is 16.1. The SMILES string of the molecule is Cc1cccc(C(CCN2c3ccccc3Oc3ccccc32)S(=O)(=O)O)n1. The maximum absolute atomic E-state index is 12.1. The molecule has 1 aromatic heterocycles. The highest BCUT2D eigenvalue weighted by atomic mass is 32.2. The van der Waals surface area contributed by atoms with Crippen LogP contribution in [-0.2, 0) is 10.1 Å². The van der Waals surface area contributed by atoms with Crippen LogP contribution in [0.1, 0.15) is 23.1 Å². The maximum atomic E-state index is 12.1. The van der Waals surface area contributed by atoms with Crippen molar-refractivity contribution in [1.29, 1.82) is 0 Å². The number of rotatable bonds is 5. The molecule has 144 valence electrons. The van der Waals surface area contributed by atoms with Crippen LogP contribution in [0.25, 0.3) is 0 Å². The molecule has 0 saturated carbocycles. The van der Waals surface area contributed by atoms with E-state index in [-0.39, 0.29) is 6.42 Å². The molecule has 2 aromatic carbocycles. The Labute approximate surface area is 164 Å². The minimum Gasteiger partial charge on any atom is -0.453 e. The van der Waals surface area contributed by atoms with Crippen molar-refractivity contribution in [2.45, 2.75) is 18.6 Å². The van der Waals surface area contributed by atoms with Crippen LogP contribution in [-0.4, -0.2) is 24.5 Å². The van der Waals surface area contributed by atoms with E-state index >= 15 is 0 Å². The van der Waals surface area contributed by atoms with Gasteiger partial charge in [0.15, 0.2) is 11.5 Å². The van der Waals surface area contributed by atoms with E-state index in [1.165, 1.54) is 0 Å². The topological polar surface area (TPSA) is 79.7 Å². The number of aryl methyl sites for hydroxylation is 1. The summed E-state index contributed by atoms with van der Waals surface area (Å²) in [4.78, 5) is 6.33. The summed E-state index contributed by atoms with van der Waals surface area (Å²) in [6.45, 7) is 2.16. The first-order valence-electron chi connectivity index (χ1n) is 8.97. The van der Waals surface area contributed by atoms with Gasteiger partial charge >= 0.3 is 0 Å². The van der Waals surface area contributed by atoms with Crippen LogP contribution in [0.5, 0.6) is 11.5 Å². The quantitative estimate of drug-likeness (QED) is 0.632. The van der Waals surface area contributed by atoms with Crippen molar-refractivity contribution in [2.24, 2.45) is 0 Å². The van der Waals surface area contributed by atoms with Crippen molar-refractivity contribution >= 4 is 21.5 Å². The average Bonchev–Trinajstić information content (AvgIpc) is 2.66. The Morgan fingerprint density at radius 3 is 2.14 bits per heavy atom. The van der Waals surface area contributed by atoms with Crippen LogP contribution in [0.15, 0.2) is 66.7 Å². The lowest BCUT2D eigenvalue weighted by molar-refractivity contribution is 0.459. The highest BCUT2D eigenvalue weighted by Crippen LogP contribution is 2.46. The second-order valence-electron chi connectivity index (χ2n) is 6.69.